The molecule has 2 aromatic rings. The van der Waals surface area contributed by atoms with Crippen LogP contribution in [0.25, 0.3) is 5.69 Å². The molecule has 1 aromatic heterocycles. The Labute approximate surface area is 94.6 Å². The third-order valence-corrected chi connectivity index (χ3v) is 1.94. The third-order valence-electron chi connectivity index (χ3n) is 1.94. The van der Waals surface area contributed by atoms with E-state index in [-0.39, 0.29) is 5.75 Å². The molecule has 0 fully saturated rings. The van der Waals surface area contributed by atoms with Crippen LogP contribution in [-0.2, 0) is 0 Å². The summed E-state index contributed by atoms with van der Waals surface area (Å²) in [5.41, 5.74) is 1.33. The van der Waals surface area contributed by atoms with E-state index < -0.39 is 6.36 Å². The van der Waals surface area contributed by atoms with Gasteiger partial charge in [0.2, 0.25) is 0 Å². The maximum atomic E-state index is 11.9. The lowest BCUT2D eigenvalue weighted by Gasteiger charge is -2.08. The topological polar surface area (TPSA) is 39.9 Å². The van der Waals surface area contributed by atoms with Crippen molar-refractivity contribution < 1.29 is 17.9 Å². The molecule has 2 rings (SSSR count). The number of nitrogens with zero attached hydrogens (tertiary/aromatic N) is 3. The normalized spacial score (nSPS) is 11.5. The van der Waals surface area contributed by atoms with Crippen molar-refractivity contribution in [3.05, 3.63) is 36.2 Å². The van der Waals surface area contributed by atoms with Crippen LogP contribution in [0.5, 0.6) is 5.75 Å². The molecule has 0 amide bonds. The van der Waals surface area contributed by atoms with E-state index in [0.717, 1.165) is 5.69 Å². The first-order valence-electron chi connectivity index (χ1n) is 4.69. The number of ether oxygens (including phenoxy) is 1. The molecule has 17 heavy (non-hydrogen) atoms. The van der Waals surface area contributed by atoms with Crippen molar-refractivity contribution in [2.75, 3.05) is 0 Å². The Balaban J connectivity index is 2.19. The molecule has 0 saturated heterocycles. The molecule has 0 radical (unpaired) electrons. The standard InChI is InChI=1S/C10H8F3N3O/c1-7-6-16(15-14-7)8-2-4-9(5-3-8)17-10(11,12)13/h2-6H,1H3. The fourth-order valence-electron chi connectivity index (χ4n) is 1.27. The van der Waals surface area contributed by atoms with Crippen molar-refractivity contribution >= 4 is 0 Å². The number of alkyl halides is 3. The van der Waals surface area contributed by atoms with Crippen LogP contribution in [0.2, 0.25) is 0 Å². The highest BCUT2D eigenvalue weighted by Gasteiger charge is 2.30. The average Bonchev–Trinajstić information content (AvgIpc) is 2.63. The zero-order valence-corrected chi connectivity index (χ0v) is 8.77. The first-order valence-corrected chi connectivity index (χ1v) is 4.69. The summed E-state index contributed by atoms with van der Waals surface area (Å²) in [6.45, 7) is 1.77. The van der Waals surface area contributed by atoms with E-state index in [0.29, 0.717) is 5.69 Å². The molecule has 0 aliphatic heterocycles. The fraction of sp³-hybridized carbons (Fsp3) is 0.200. The second-order valence-corrected chi connectivity index (χ2v) is 3.35. The van der Waals surface area contributed by atoms with Crippen molar-refractivity contribution in [3.8, 4) is 11.4 Å². The number of halogens is 3. The predicted molar refractivity (Wildman–Crippen MR) is 52.8 cm³/mol. The summed E-state index contributed by atoms with van der Waals surface area (Å²) in [6, 6.07) is 5.38. The molecule has 0 unspecified atom stereocenters. The van der Waals surface area contributed by atoms with Crippen molar-refractivity contribution in [2.45, 2.75) is 13.3 Å². The van der Waals surface area contributed by atoms with Crippen LogP contribution < -0.4 is 4.74 Å². The van der Waals surface area contributed by atoms with Gasteiger partial charge in [-0.3, -0.25) is 0 Å². The second-order valence-electron chi connectivity index (χ2n) is 3.35. The molecule has 0 aliphatic carbocycles. The molecule has 0 N–H and O–H groups in total. The smallest absolute Gasteiger partial charge is 0.406 e. The number of aryl methyl sites for hydroxylation is 1. The highest BCUT2D eigenvalue weighted by Crippen LogP contribution is 2.23. The van der Waals surface area contributed by atoms with E-state index in [1.807, 2.05) is 0 Å². The second kappa shape index (κ2) is 4.08. The Morgan fingerprint density at radius 1 is 1.18 bits per heavy atom. The van der Waals surface area contributed by atoms with E-state index in [1.54, 1.807) is 13.1 Å². The van der Waals surface area contributed by atoms with Crippen LogP contribution in [-0.4, -0.2) is 21.4 Å². The Bertz CT molecular complexity index is 504. The zero-order valence-electron chi connectivity index (χ0n) is 8.77. The minimum absolute atomic E-state index is 0.266. The van der Waals surface area contributed by atoms with Gasteiger partial charge in [0.15, 0.2) is 0 Å². The van der Waals surface area contributed by atoms with Crippen LogP contribution in [0, 0.1) is 6.92 Å². The van der Waals surface area contributed by atoms with Gasteiger partial charge in [-0.2, -0.15) is 0 Å². The van der Waals surface area contributed by atoms with Gasteiger partial charge < -0.3 is 4.74 Å². The quantitative estimate of drug-likeness (QED) is 0.813. The molecule has 90 valence electrons. The zero-order chi connectivity index (χ0) is 12.5. The van der Waals surface area contributed by atoms with E-state index in [2.05, 4.69) is 15.0 Å². The minimum Gasteiger partial charge on any atom is -0.406 e. The predicted octanol–water partition coefficient (Wildman–Crippen LogP) is 2.47. The van der Waals surface area contributed by atoms with Crippen LogP contribution in [0.1, 0.15) is 5.69 Å². The lowest BCUT2D eigenvalue weighted by Crippen LogP contribution is -2.17. The fourth-order valence-corrected chi connectivity index (χ4v) is 1.27. The highest BCUT2D eigenvalue weighted by molar-refractivity contribution is 5.36. The van der Waals surface area contributed by atoms with Gasteiger partial charge in [-0.15, -0.1) is 18.3 Å². The molecule has 0 atom stereocenters. The summed E-state index contributed by atoms with van der Waals surface area (Å²) < 4.78 is 41.0. The summed E-state index contributed by atoms with van der Waals surface area (Å²) in [5, 5.41) is 7.57. The molecule has 7 heteroatoms. The van der Waals surface area contributed by atoms with Gasteiger partial charge in [0, 0.05) is 0 Å². The molecule has 0 spiro atoms. The molecule has 0 bridgehead atoms. The Kier molecular flexibility index (Phi) is 2.74. The maximum Gasteiger partial charge on any atom is 0.573 e. The van der Waals surface area contributed by atoms with Gasteiger partial charge in [-0.1, -0.05) is 5.21 Å². The lowest BCUT2D eigenvalue weighted by molar-refractivity contribution is -0.274. The van der Waals surface area contributed by atoms with Crippen LogP contribution in [0.15, 0.2) is 30.5 Å². The molecule has 1 heterocycles. The van der Waals surface area contributed by atoms with Crippen molar-refractivity contribution in [1.29, 1.82) is 0 Å². The Morgan fingerprint density at radius 2 is 1.82 bits per heavy atom. The van der Waals surface area contributed by atoms with E-state index >= 15 is 0 Å². The van der Waals surface area contributed by atoms with Gasteiger partial charge >= 0.3 is 6.36 Å². The SMILES string of the molecule is Cc1cn(-c2ccc(OC(F)(F)F)cc2)nn1. The van der Waals surface area contributed by atoms with Crippen LogP contribution >= 0.6 is 0 Å². The van der Waals surface area contributed by atoms with Crippen LogP contribution in [0.3, 0.4) is 0 Å². The number of benzene rings is 1. The summed E-state index contributed by atoms with van der Waals surface area (Å²) in [6.07, 6.45) is -3.01. The molecule has 4 nitrogen and oxygen atoms in total. The highest BCUT2D eigenvalue weighted by atomic mass is 19.4. The average molecular weight is 243 g/mol. The monoisotopic (exact) mass is 243 g/mol. The molecule has 1 aromatic carbocycles. The molecule has 0 saturated carbocycles. The largest absolute Gasteiger partial charge is 0.573 e. The Morgan fingerprint density at radius 3 is 2.29 bits per heavy atom. The summed E-state index contributed by atoms with van der Waals surface area (Å²) in [7, 11) is 0. The van der Waals surface area contributed by atoms with E-state index in [4.69, 9.17) is 0 Å². The van der Waals surface area contributed by atoms with Gasteiger partial charge in [-0.05, 0) is 31.2 Å². The maximum absolute atomic E-state index is 11.9. The first kappa shape index (κ1) is 11.4. The number of hydrogen-bond acceptors (Lipinski definition) is 3. The molecular weight excluding hydrogens is 235 g/mol. The first-order chi connectivity index (χ1) is 7.94. The Hall–Kier alpha value is -2.05. The van der Waals surface area contributed by atoms with E-state index in [9.17, 15) is 13.2 Å². The van der Waals surface area contributed by atoms with Gasteiger partial charge in [0.1, 0.15) is 5.75 Å². The van der Waals surface area contributed by atoms with Gasteiger partial charge in [0.05, 0.1) is 17.6 Å². The van der Waals surface area contributed by atoms with Gasteiger partial charge in [-0.25, -0.2) is 4.68 Å². The number of hydrogen-bond donors (Lipinski definition) is 0. The van der Waals surface area contributed by atoms with Crippen molar-refractivity contribution in [1.82, 2.24) is 15.0 Å². The molecular formula is C10H8F3N3O. The third kappa shape index (κ3) is 2.96. The number of rotatable bonds is 2. The summed E-state index contributed by atoms with van der Waals surface area (Å²) in [5.74, 6) is -0.266. The van der Waals surface area contributed by atoms with E-state index in [1.165, 1.54) is 28.9 Å². The van der Waals surface area contributed by atoms with Crippen LogP contribution in [0.4, 0.5) is 13.2 Å². The minimum atomic E-state index is -4.68. The van der Waals surface area contributed by atoms with Gasteiger partial charge in [0.25, 0.3) is 0 Å². The van der Waals surface area contributed by atoms with Crippen molar-refractivity contribution in [3.63, 3.8) is 0 Å². The number of aromatic nitrogens is 3. The lowest BCUT2D eigenvalue weighted by atomic mass is 10.3. The summed E-state index contributed by atoms with van der Waals surface area (Å²) in [4.78, 5) is 0. The summed E-state index contributed by atoms with van der Waals surface area (Å²) >= 11 is 0. The molecule has 0 aliphatic rings. The van der Waals surface area contributed by atoms with Crippen molar-refractivity contribution in [2.24, 2.45) is 0 Å².